The number of thioether (sulfide) groups is 1. The summed E-state index contributed by atoms with van der Waals surface area (Å²) in [6.45, 7) is 4.14. The van der Waals surface area contributed by atoms with Gasteiger partial charge in [0.2, 0.25) is 15.9 Å². The molecule has 0 radical (unpaired) electrons. The predicted octanol–water partition coefficient (Wildman–Crippen LogP) is 4.79. The Bertz CT molecular complexity index is 1920. The number of hydrogen-bond donors (Lipinski definition) is 1. The lowest BCUT2D eigenvalue weighted by Crippen LogP contribution is -2.56. The van der Waals surface area contributed by atoms with Gasteiger partial charge in [-0.2, -0.15) is 0 Å². The zero-order valence-corrected chi connectivity index (χ0v) is 30.1. The third-order valence-corrected chi connectivity index (χ3v) is 12.3. The highest BCUT2D eigenvalue weighted by Gasteiger charge is 2.52. The van der Waals surface area contributed by atoms with E-state index >= 15 is 0 Å². The number of aromatic nitrogens is 2. The molecule has 1 aromatic heterocycles. The lowest BCUT2D eigenvalue weighted by Gasteiger charge is -2.47. The Kier molecular flexibility index (Phi) is 9.23. The van der Waals surface area contributed by atoms with Crippen molar-refractivity contribution in [1.82, 2.24) is 19.2 Å². The molecule has 3 atom stereocenters. The van der Waals surface area contributed by atoms with Crippen molar-refractivity contribution >= 4 is 50.6 Å². The van der Waals surface area contributed by atoms with Crippen LogP contribution in [0.5, 0.6) is 5.75 Å². The number of alkyl halides is 2. The average molecular weight is 736 g/mol. The number of hydrogen-bond acceptors (Lipinski definition) is 9. The number of nitrogens with zero attached hydrogens (tertiary/aromatic N) is 4. The first-order valence-electron chi connectivity index (χ1n) is 16.8. The van der Waals surface area contributed by atoms with Gasteiger partial charge in [0, 0.05) is 69.9 Å². The molecule has 0 bridgehead atoms. The van der Waals surface area contributed by atoms with Gasteiger partial charge >= 0.3 is 0 Å². The number of amides is 1. The Morgan fingerprint density at radius 2 is 1.94 bits per heavy atom. The lowest BCUT2D eigenvalue weighted by molar-refractivity contribution is -0.134. The van der Waals surface area contributed by atoms with E-state index < -0.39 is 33.8 Å². The van der Waals surface area contributed by atoms with Crippen LogP contribution in [0.15, 0.2) is 32.9 Å². The molecular formula is C34H40ClF2N5O5S2. The zero-order valence-electron chi connectivity index (χ0n) is 27.7. The number of fused-ring (bicyclic) bond motifs is 2. The molecule has 2 aromatic rings. The number of nitrogens with one attached hydrogen (secondary N) is 1. The maximum Gasteiger partial charge on any atom is 0.257 e. The Morgan fingerprint density at radius 3 is 2.63 bits per heavy atom. The summed E-state index contributed by atoms with van der Waals surface area (Å²) in [4.78, 5) is 39.5. The number of dihydropyridines is 1. The molecule has 10 nitrogen and oxygen atoms in total. The summed E-state index contributed by atoms with van der Waals surface area (Å²) < 4.78 is 61.2. The van der Waals surface area contributed by atoms with E-state index in [-0.39, 0.29) is 43.6 Å². The first-order valence-corrected chi connectivity index (χ1v) is 20.0. The molecule has 264 valence electrons. The van der Waals surface area contributed by atoms with Crippen LogP contribution in [-0.2, 0) is 34.2 Å². The summed E-state index contributed by atoms with van der Waals surface area (Å²) in [6, 6.07) is 5.10. The fourth-order valence-electron chi connectivity index (χ4n) is 7.83. The van der Waals surface area contributed by atoms with E-state index in [1.165, 1.54) is 11.8 Å². The second-order valence-corrected chi connectivity index (χ2v) is 17.3. The van der Waals surface area contributed by atoms with E-state index in [0.717, 1.165) is 53.0 Å². The van der Waals surface area contributed by atoms with E-state index in [1.54, 1.807) is 16.7 Å². The normalized spacial score (nSPS) is 25.0. The van der Waals surface area contributed by atoms with E-state index in [4.69, 9.17) is 26.3 Å². The molecule has 2 aliphatic heterocycles. The third kappa shape index (κ3) is 7.20. The van der Waals surface area contributed by atoms with Crippen molar-refractivity contribution in [2.24, 2.45) is 10.9 Å². The largest absolute Gasteiger partial charge is 0.491 e. The van der Waals surface area contributed by atoms with Crippen molar-refractivity contribution in [3.05, 3.63) is 61.1 Å². The molecular weight excluding hydrogens is 696 g/mol. The van der Waals surface area contributed by atoms with Crippen molar-refractivity contribution in [1.29, 1.82) is 0 Å². The number of rotatable bonds is 10. The van der Waals surface area contributed by atoms with Crippen molar-refractivity contribution in [2.75, 3.05) is 18.6 Å². The van der Waals surface area contributed by atoms with Crippen molar-refractivity contribution < 1.29 is 26.7 Å². The van der Waals surface area contributed by atoms with Gasteiger partial charge in [0.1, 0.15) is 18.2 Å². The third-order valence-electron chi connectivity index (χ3n) is 10.2. The highest BCUT2D eigenvalue weighted by molar-refractivity contribution is 8.03. The number of sulfonamides is 1. The summed E-state index contributed by atoms with van der Waals surface area (Å²) in [6.07, 6.45) is 5.30. The second-order valence-electron chi connectivity index (χ2n) is 14.0. The number of ether oxygens (including phenoxy) is 1. The fraction of sp³-hybridized carbons (Fsp3) is 0.588. The minimum atomic E-state index is -3.72. The molecule has 1 aromatic carbocycles. The molecule has 3 heterocycles. The maximum absolute atomic E-state index is 13.9. The van der Waals surface area contributed by atoms with Crippen molar-refractivity contribution in [2.45, 2.75) is 102 Å². The first-order chi connectivity index (χ1) is 23.2. The molecule has 0 spiro atoms. The number of benzene rings is 1. The Balaban J connectivity index is 1.09. The van der Waals surface area contributed by atoms with Gasteiger partial charge in [-0.05, 0) is 69.7 Å². The highest BCUT2D eigenvalue weighted by atomic mass is 35.5. The van der Waals surface area contributed by atoms with Gasteiger partial charge in [0.05, 0.1) is 30.5 Å². The number of allylic oxidation sites excluding steroid dienone is 1. The van der Waals surface area contributed by atoms with E-state index in [0.29, 0.717) is 53.2 Å². The van der Waals surface area contributed by atoms with Crippen LogP contribution < -0.4 is 15.0 Å². The van der Waals surface area contributed by atoms with E-state index in [1.807, 2.05) is 19.9 Å². The Morgan fingerprint density at radius 1 is 1.18 bits per heavy atom. The SMILES string of the molecule is CC1=NC2C(=C(c3cc(Cl)ccc3OCCn3c(C)nc4c(c3=O)CC(N(C3CC3)C3CC(F)(F)C3)CC4)C1)SCC2C(=O)NS(C)(=O)=O. The highest BCUT2D eigenvalue weighted by Crippen LogP contribution is 2.48. The van der Waals surface area contributed by atoms with Gasteiger partial charge in [0.15, 0.2) is 0 Å². The molecule has 3 unspecified atom stereocenters. The van der Waals surface area contributed by atoms with Crippen LogP contribution in [0.2, 0.25) is 5.02 Å². The molecule has 15 heteroatoms. The number of aliphatic imine (C=N–C) groups is 1. The molecule has 3 aliphatic carbocycles. The second kappa shape index (κ2) is 13.1. The van der Waals surface area contributed by atoms with E-state index in [9.17, 15) is 26.8 Å². The lowest BCUT2D eigenvalue weighted by atomic mass is 9.83. The average Bonchev–Trinajstić information content (AvgIpc) is 3.75. The number of halogens is 3. The maximum atomic E-state index is 13.9. The minimum absolute atomic E-state index is 0.0611. The topological polar surface area (TPSA) is 123 Å². The van der Waals surface area contributed by atoms with Crippen LogP contribution in [0.4, 0.5) is 8.78 Å². The molecule has 5 aliphatic rings. The summed E-state index contributed by atoms with van der Waals surface area (Å²) in [5, 5.41) is 0.507. The smallest absolute Gasteiger partial charge is 0.257 e. The molecule has 7 rings (SSSR count). The summed E-state index contributed by atoms with van der Waals surface area (Å²) in [5.74, 6) is -2.24. The molecule has 1 saturated heterocycles. The van der Waals surface area contributed by atoms with Crippen LogP contribution in [0.25, 0.3) is 5.57 Å². The molecule has 1 amide bonds. The zero-order chi connectivity index (χ0) is 34.8. The summed E-state index contributed by atoms with van der Waals surface area (Å²) in [5.41, 5.74) is 3.87. The number of carbonyl (C=O) groups excluding carboxylic acids is 1. The van der Waals surface area contributed by atoms with Crippen molar-refractivity contribution in [3.8, 4) is 5.75 Å². The monoisotopic (exact) mass is 735 g/mol. The standard InChI is InChI=1S/C34H40ClF2N5O5S2/c1-18-12-25(31-30(38-18)27(17-48-31)32(43)40-49(3,45)46)24-13-20(35)4-9-29(24)47-11-10-41-19(2)39-28-8-7-22(14-26(28)33(41)44)42(21-5-6-21)23-15-34(36,37)16-23/h4,9,13,21-23,27,30H,5-8,10-12,14-17H2,1-3H3,(H,40,43). The van der Waals surface area contributed by atoms with Gasteiger partial charge in [-0.1, -0.05) is 11.6 Å². The molecule has 1 N–H and O–H groups in total. The van der Waals surface area contributed by atoms with Gasteiger partial charge in [-0.15, -0.1) is 11.8 Å². The molecule has 3 fully saturated rings. The Labute approximate surface area is 293 Å². The predicted molar refractivity (Wildman–Crippen MR) is 186 cm³/mol. The minimum Gasteiger partial charge on any atom is -0.491 e. The van der Waals surface area contributed by atoms with Crippen LogP contribution in [0.3, 0.4) is 0 Å². The van der Waals surface area contributed by atoms with Crippen LogP contribution in [0, 0.1) is 12.8 Å². The van der Waals surface area contributed by atoms with E-state index in [2.05, 4.69) is 9.62 Å². The van der Waals surface area contributed by atoms with Crippen LogP contribution in [0.1, 0.15) is 68.1 Å². The molecule has 49 heavy (non-hydrogen) atoms. The number of carbonyl (C=O) groups is 1. The Hall–Kier alpha value is -2.81. The van der Waals surface area contributed by atoms with Gasteiger partial charge in [-0.25, -0.2) is 22.2 Å². The summed E-state index contributed by atoms with van der Waals surface area (Å²) in [7, 11) is -3.72. The van der Waals surface area contributed by atoms with Crippen molar-refractivity contribution in [3.63, 3.8) is 0 Å². The van der Waals surface area contributed by atoms with Gasteiger partial charge in [-0.3, -0.25) is 28.8 Å². The quantitative estimate of drug-likeness (QED) is 0.370. The summed E-state index contributed by atoms with van der Waals surface area (Å²) >= 11 is 7.95. The van der Waals surface area contributed by atoms with Gasteiger partial charge < -0.3 is 4.74 Å². The number of aryl methyl sites for hydroxylation is 2. The molecule has 2 saturated carbocycles. The van der Waals surface area contributed by atoms with Crippen LogP contribution >= 0.6 is 23.4 Å². The van der Waals surface area contributed by atoms with Crippen LogP contribution in [-0.4, -0.2) is 83.2 Å². The fourth-order valence-corrected chi connectivity index (χ4v) is 9.96. The first kappa shape index (κ1) is 34.6. The van der Waals surface area contributed by atoms with Gasteiger partial charge in [0.25, 0.3) is 11.5 Å².